The molecule has 2 aromatic rings. The van der Waals surface area contributed by atoms with Gasteiger partial charge in [-0.25, -0.2) is 4.79 Å². The Morgan fingerprint density at radius 2 is 1.82 bits per heavy atom. The molecular weight excluding hydrogens is 302 g/mol. The normalized spacial score (nSPS) is 10.5. The molecule has 0 aliphatic heterocycles. The van der Waals surface area contributed by atoms with Gasteiger partial charge >= 0.3 is 6.09 Å². The van der Waals surface area contributed by atoms with Crippen LogP contribution in [0.15, 0.2) is 54.7 Å². The van der Waals surface area contributed by atoms with Crippen molar-refractivity contribution in [1.29, 1.82) is 0 Å². The maximum Gasteiger partial charge on any atom is 0.411 e. The highest BCUT2D eigenvalue weighted by Crippen LogP contribution is 2.12. The molecule has 2 rings (SSSR count). The van der Waals surface area contributed by atoms with E-state index in [1.807, 2.05) is 36.4 Å². The van der Waals surface area contributed by atoms with Crippen molar-refractivity contribution in [3.8, 4) is 5.75 Å². The Bertz CT molecular complexity index is 636. The van der Waals surface area contributed by atoms with Crippen molar-refractivity contribution in [3.05, 3.63) is 70.9 Å². The zero-order valence-corrected chi connectivity index (χ0v) is 12.8. The van der Waals surface area contributed by atoms with Crippen molar-refractivity contribution in [2.75, 3.05) is 7.11 Å². The second kappa shape index (κ2) is 8.10. The fourth-order valence-electron chi connectivity index (χ4n) is 1.69. The van der Waals surface area contributed by atoms with Crippen LogP contribution < -0.4 is 10.1 Å². The third-order valence-electron chi connectivity index (χ3n) is 2.88. The minimum Gasteiger partial charge on any atom is -0.497 e. The van der Waals surface area contributed by atoms with Gasteiger partial charge in [-0.1, -0.05) is 35.9 Å². The monoisotopic (exact) mass is 317 g/mol. The van der Waals surface area contributed by atoms with Crippen LogP contribution in [0.3, 0.4) is 0 Å². The van der Waals surface area contributed by atoms with Crippen LogP contribution in [-0.4, -0.2) is 13.2 Å². The van der Waals surface area contributed by atoms with Gasteiger partial charge in [-0.3, -0.25) is 5.32 Å². The third-order valence-corrected chi connectivity index (χ3v) is 3.13. The van der Waals surface area contributed by atoms with Crippen LogP contribution in [-0.2, 0) is 11.3 Å². The van der Waals surface area contributed by atoms with Crippen LogP contribution in [0.25, 0.3) is 6.08 Å². The van der Waals surface area contributed by atoms with Gasteiger partial charge in [-0.15, -0.1) is 0 Å². The summed E-state index contributed by atoms with van der Waals surface area (Å²) in [5.41, 5.74) is 1.82. The molecule has 114 valence electrons. The van der Waals surface area contributed by atoms with Crippen molar-refractivity contribution < 1.29 is 14.3 Å². The van der Waals surface area contributed by atoms with E-state index in [4.69, 9.17) is 21.1 Å². The lowest BCUT2D eigenvalue weighted by molar-refractivity contribution is 0.143. The second-order valence-electron chi connectivity index (χ2n) is 4.45. The van der Waals surface area contributed by atoms with Crippen molar-refractivity contribution in [3.63, 3.8) is 0 Å². The van der Waals surface area contributed by atoms with E-state index < -0.39 is 6.09 Å². The van der Waals surface area contributed by atoms with E-state index in [2.05, 4.69) is 5.32 Å². The number of rotatable bonds is 5. The first kappa shape index (κ1) is 15.9. The number of methoxy groups -OCH3 is 1. The second-order valence-corrected chi connectivity index (χ2v) is 4.89. The van der Waals surface area contributed by atoms with E-state index in [-0.39, 0.29) is 6.61 Å². The number of nitrogens with one attached hydrogen (secondary N) is 1. The molecule has 0 aromatic heterocycles. The molecule has 5 heteroatoms. The minimum atomic E-state index is -0.513. The number of halogens is 1. The van der Waals surface area contributed by atoms with Crippen LogP contribution in [0, 0.1) is 0 Å². The Kier molecular flexibility index (Phi) is 5.86. The Labute approximate surface area is 134 Å². The number of alkyl carbamates (subject to hydrolysis) is 1. The molecular formula is C17H16ClNO3. The van der Waals surface area contributed by atoms with Gasteiger partial charge in [0.25, 0.3) is 0 Å². The predicted molar refractivity (Wildman–Crippen MR) is 86.8 cm³/mol. The smallest absolute Gasteiger partial charge is 0.411 e. The van der Waals surface area contributed by atoms with E-state index in [1.165, 1.54) is 6.20 Å². The fourth-order valence-corrected chi connectivity index (χ4v) is 1.82. The maximum absolute atomic E-state index is 11.6. The van der Waals surface area contributed by atoms with Crippen LogP contribution in [0.5, 0.6) is 5.75 Å². The zero-order valence-electron chi connectivity index (χ0n) is 12.1. The van der Waals surface area contributed by atoms with Crippen LogP contribution in [0.4, 0.5) is 4.79 Å². The van der Waals surface area contributed by atoms with E-state index in [9.17, 15) is 4.79 Å². The summed E-state index contributed by atoms with van der Waals surface area (Å²) in [5.74, 6) is 0.763. The van der Waals surface area contributed by atoms with Gasteiger partial charge in [0.05, 0.1) is 7.11 Å². The highest BCUT2D eigenvalue weighted by molar-refractivity contribution is 6.30. The molecule has 1 amide bonds. The molecule has 0 heterocycles. The predicted octanol–water partition coefficient (Wildman–Crippen LogP) is 4.25. The molecule has 0 bridgehead atoms. The summed E-state index contributed by atoms with van der Waals surface area (Å²) >= 11 is 5.79. The highest BCUT2D eigenvalue weighted by atomic mass is 35.5. The molecule has 4 nitrogen and oxygen atoms in total. The Morgan fingerprint density at radius 3 is 2.45 bits per heavy atom. The SMILES string of the molecule is COc1ccc(COC(=O)N/C=C/c2ccc(Cl)cc2)cc1. The molecule has 0 fully saturated rings. The quantitative estimate of drug-likeness (QED) is 0.897. The number of hydrogen-bond acceptors (Lipinski definition) is 3. The number of carbonyl (C=O) groups excluding carboxylic acids is 1. The number of ether oxygens (including phenoxy) is 2. The first-order valence-corrected chi connectivity index (χ1v) is 7.03. The summed E-state index contributed by atoms with van der Waals surface area (Å²) in [5, 5.41) is 3.21. The highest BCUT2D eigenvalue weighted by Gasteiger charge is 2.00. The van der Waals surface area contributed by atoms with Gasteiger partial charge in [0.1, 0.15) is 12.4 Å². The lowest BCUT2D eigenvalue weighted by Crippen LogP contribution is -2.18. The molecule has 1 N–H and O–H groups in total. The van der Waals surface area contributed by atoms with E-state index in [1.54, 1.807) is 25.3 Å². The molecule has 0 aliphatic carbocycles. The Morgan fingerprint density at radius 1 is 1.14 bits per heavy atom. The van der Waals surface area contributed by atoms with Gasteiger partial charge in [0.2, 0.25) is 0 Å². The first-order chi connectivity index (χ1) is 10.7. The van der Waals surface area contributed by atoms with Crippen LogP contribution in [0.1, 0.15) is 11.1 Å². The van der Waals surface area contributed by atoms with E-state index in [0.717, 1.165) is 16.9 Å². The summed E-state index contributed by atoms with van der Waals surface area (Å²) < 4.78 is 10.2. The van der Waals surface area contributed by atoms with Gasteiger partial charge in [0, 0.05) is 11.2 Å². The molecule has 0 unspecified atom stereocenters. The molecule has 0 atom stereocenters. The maximum atomic E-state index is 11.6. The third kappa shape index (κ3) is 5.14. The Hall–Kier alpha value is -2.46. The number of amides is 1. The van der Waals surface area contributed by atoms with Gasteiger partial charge in [-0.2, -0.15) is 0 Å². The summed E-state index contributed by atoms with van der Waals surface area (Å²) in [7, 11) is 1.60. The minimum absolute atomic E-state index is 0.199. The van der Waals surface area contributed by atoms with Crippen LogP contribution in [0.2, 0.25) is 5.02 Å². The average Bonchev–Trinajstić information content (AvgIpc) is 2.55. The topological polar surface area (TPSA) is 47.6 Å². The van der Waals surface area contributed by atoms with Crippen molar-refractivity contribution in [2.24, 2.45) is 0 Å². The molecule has 0 saturated carbocycles. The van der Waals surface area contributed by atoms with E-state index in [0.29, 0.717) is 5.02 Å². The summed E-state index contributed by atoms with van der Waals surface area (Å²) in [6.07, 6.45) is 2.77. The van der Waals surface area contributed by atoms with Gasteiger partial charge in [-0.05, 0) is 41.5 Å². The average molecular weight is 318 g/mol. The number of hydrogen-bond donors (Lipinski definition) is 1. The van der Waals surface area contributed by atoms with Gasteiger partial charge in [0.15, 0.2) is 0 Å². The molecule has 0 saturated heterocycles. The molecule has 22 heavy (non-hydrogen) atoms. The summed E-state index contributed by atoms with van der Waals surface area (Å²) in [6, 6.07) is 14.6. The van der Waals surface area contributed by atoms with E-state index >= 15 is 0 Å². The molecule has 0 aliphatic rings. The summed E-state index contributed by atoms with van der Waals surface area (Å²) in [6.45, 7) is 0.199. The first-order valence-electron chi connectivity index (χ1n) is 6.66. The molecule has 0 spiro atoms. The van der Waals surface area contributed by atoms with Crippen molar-refractivity contribution >= 4 is 23.8 Å². The number of carbonyl (C=O) groups is 1. The lowest BCUT2D eigenvalue weighted by atomic mass is 10.2. The van der Waals surface area contributed by atoms with Crippen molar-refractivity contribution in [2.45, 2.75) is 6.61 Å². The largest absolute Gasteiger partial charge is 0.497 e. The van der Waals surface area contributed by atoms with Crippen LogP contribution >= 0.6 is 11.6 Å². The Balaban J connectivity index is 1.76. The van der Waals surface area contributed by atoms with Crippen molar-refractivity contribution in [1.82, 2.24) is 5.32 Å². The zero-order chi connectivity index (χ0) is 15.8. The fraction of sp³-hybridized carbons (Fsp3) is 0.118. The molecule has 2 aromatic carbocycles. The number of benzene rings is 2. The molecule has 0 radical (unpaired) electrons. The standard InChI is InChI=1S/C17H16ClNO3/c1-21-16-8-4-14(5-9-16)12-22-17(20)19-11-10-13-2-6-15(18)7-3-13/h2-11H,12H2,1H3,(H,19,20)/b11-10+. The summed E-state index contributed by atoms with van der Waals surface area (Å²) in [4.78, 5) is 11.6. The lowest BCUT2D eigenvalue weighted by Gasteiger charge is -2.05. The van der Waals surface area contributed by atoms with Gasteiger partial charge < -0.3 is 9.47 Å².